The molecule has 0 radical (unpaired) electrons. The molecule has 1 aromatic rings. The van der Waals surface area contributed by atoms with Crippen molar-refractivity contribution in [2.24, 2.45) is 11.8 Å². The largest absolute Gasteiger partial charge is 0.361 e. The first-order chi connectivity index (χ1) is 9.31. The number of carbonyl (C=O) groups is 1. The monoisotopic (exact) mass is 259 g/mol. The number of likely N-dealkylation sites (tertiary alicyclic amines) is 1. The van der Waals surface area contributed by atoms with E-state index < -0.39 is 0 Å². The average molecular weight is 259 g/mol. The molecule has 0 N–H and O–H groups in total. The number of rotatable bonds is 3. The molecule has 1 aliphatic heterocycles. The van der Waals surface area contributed by atoms with Gasteiger partial charge in [0.25, 0.3) is 0 Å². The van der Waals surface area contributed by atoms with Crippen molar-refractivity contribution in [3.8, 4) is 0 Å². The van der Waals surface area contributed by atoms with Gasteiger partial charge < -0.3 is 9.64 Å². The lowest BCUT2D eigenvalue weighted by Crippen LogP contribution is -2.36. The van der Waals surface area contributed by atoms with Gasteiger partial charge in [-0.2, -0.15) is 0 Å². The Hall–Kier alpha value is -1.35. The van der Waals surface area contributed by atoms with E-state index in [2.05, 4.69) is 12.1 Å². The molecule has 1 amide bonds. The molecule has 1 saturated heterocycles. The molecule has 3 nitrogen and oxygen atoms in total. The van der Waals surface area contributed by atoms with Gasteiger partial charge in [0.2, 0.25) is 5.91 Å². The molecule has 3 heteroatoms. The Morgan fingerprint density at radius 2 is 1.95 bits per heavy atom. The third-order valence-electron chi connectivity index (χ3n) is 4.53. The van der Waals surface area contributed by atoms with Gasteiger partial charge in [-0.15, -0.1) is 0 Å². The normalized spacial score (nSPS) is 30.5. The number of benzene rings is 1. The number of ether oxygens (including phenoxy) is 1. The number of methoxy groups -OCH3 is 1. The Labute approximate surface area is 114 Å². The topological polar surface area (TPSA) is 29.5 Å². The fourth-order valence-corrected chi connectivity index (χ4v) is 3.63. The summed E-state index contributed by atoms with van der Waals surface area (Å²) < 4.78 is 5.64. The maximum atomic E-state index is 12.6. The highest BCUT2D eigenvalue weighted by atomic mass is 16.5. The Morgan fingerprint density at radius 3 is 2.68 bits per heavy atom. The molecule has 3 atom stereocenters. The zero-order chi connectivity index (χ0) is 13.2. The zero-order valence-electron chi connectivity index (χ0n) is 11.4. The third-order valence-corrected chi connectivity index (χ3v) is 4.53. The van der Waals surface area contributed by atoms with Crippen molar-refractivity contribution >= 4 is 5.91 Å². The van der Waals surface area contributed by atoms with Crippen molar-refractivity contribution in [3.63, 3.8) is 0 Å². The maximum Gasteiger partial charge on any atom is 0.228 e. The summed E-state index contributed by atoms with van der Waals surface area (Å²) in [5, 5.41) is 0. The van der Waals surface area contributed by atoms with Crippen LogP contribution in [0.3, 0.4) is 0 Å². The Bertz CT molecular complexity index is 445. The standard InChI is InChI=1S/C16H21NO2/c1-19-16-14-10-6-5-9-13(14)15(18)17(16)11-12-7-3-2-4-8-12/h2-4,7-8,13-14,16H,5-6,9-11H2,1H3/t13-,14+,16+/m0/s1. The van der Waals surface area contributed by atoms with Gasteiger partial charge in [-0.1, -0.05) is 43.2 Å². The van der Waals surface area contributed by atoms with Crippen LogP contribution in [0.15, 0.2) is 30.3 Å². The number of hydrogen-bond donors (Lipinski definition) is 0. The van der Waals surface area contributed by atoms with Gasteiger partial charge in [0, 0.05) is 25.5 Å². The number of nitrogens with zero attached hydrogens (tertiary/aromatic N) is 1. The van der Waals surface area contributed by atoms with Gasteiger partial charge in [-0.05, 0) is 18.4 Å². The highest BCUT2D eigenvalue weighted by Gasteiger charge is 2.48. The highest BCUT2D eigenvalue weighted by Crippen LogP contribution is 2.42. The van der Waals surface area contributed by atoms with Crippen LogP contribution in [0.5, 0.6) is 0 Å². The minimum absolute atomic E-state index is 0.0296. The molecule has 2 fully saturated rings. The maximum absolute atomic E-state index is 12.6. The summed E-state index contributed by atoms with van der Waals surface area (Å²) in [6.45, 7) is 0.672. The zero-order valence-corrected chi connectivity index (χ0v) is 11.4. The Kier molecular flexibility index (Phi) is 3.56. The first-order valence-corrected chi connectivity index (χ1v) is 7.18. The second kappa shape index (κ2) is 5.33. The summed E-state index contributed by atoms with van der Waals surface area (Å²) >= 11 is 0. The SMILES string of the molecule is CO[C@@H]1[C@@H]2CCCC[C@@H]2C(=O)N1Cc1ccccc1. The van der Waals surface area contributed by atoms with Gasteiger partial charge in [0.05, 0.1) is 0 Å². The predicted octanol–water partition coefficient (Wildman–Crippen LogP) is 2.81. The molecule has 1 aliphatic carbocycles. The molecule has 19 heavy (non-hydrogen) atoms. The van der Waals surface area contributed by atoms with Crippen LogP contribution in [0.1, 0.15) is 31.2 Å². The molecule has 1 heterocycles. The van der Waals surface area contributed by atoms with E-state index >= 15 is 0 Å². The Morgan fingerprint density at radius 1 is 1.21 bits per heavy atom. The van der Waals surface area contributed by atoms with Crippen molar-refractivity contribution < 1.29 is 9.53 Å². The fourth-order valence-electron chi connectivity index (χ4n) is 3.63. The second-order valence-electron chi connectivity index (χ2n) is 5.63. The molecular weight excluding hydrogens is 238 g/mol. The molecule has 1 aromatic carbocycles. The summed E-state index contributed by atoms with van der Waals surface area (Å²) in [4.78, 5) is 14.5. The number of carbonyl (C=O) groups excluding carboxylic acids is 1. The molecular formula is C16H21NO2. The minimum Gasteiger partial charge on any atom is -0.361 e. The lowest BCUT2D eigenvalue weighted by molar-refractivity contribution is -0.138. The first kappa shape index (κ1) is 12.7. The molecule has 102 valence electrons. The van der Waals surface area contributed by atoms with Crippen LogP contribution in [0.2, 0.25) is 0 Å². The fraction of sp³-hybridized carbons (Fsp3) is 0.562. The van der Waals surface area contributed by atoms with Crippen LogP contribution in [0, 0.1) is 11.8 Å². The van der Waals surface area contributed by atoms with Crippen LogP contribution >= 0.6 is 0 Å². The number of hydrogen-bond acceptors (Lipinski definition) is 2. The van der Waals surface area contributed by atoms with E-state index in [1.54, 1.807) is 7.11 Å². The molecule has 2 aliphatic rings. The van der Waals surface area contributed by atoms with Gasteiger partial charge in [-0.25, -0.2) is 0 Å². The first-order valence-electron chi connectivity index (χ1n) is 7.18. The van der Waals surface area contributed by atoms with E-state index in [1.807, 2.05) is 23.1 Å². The van der Waals surface area contributed by atoms with Crippen LogP contribution in [0.25, 0.3) is 0 Å². The molecule has 0 spiro atoms. The molecule has 1 saturated carbocycles. The quantitative estimate of drug-likeness (QED) is 0.835. The average Bonchev–Trinajstić information content (AvgIpc) is 2.73. The van der Waals surface area contributed by atoms with E-state index in [0.717, 1.165) is 12.8 Å². The number of amides is 1. The van der Waals surface area contributed by atoms with Crippen LogP contribution in [-0.4, -0.2) is 24.1 Å². The third kappa shape index (κ3) is 2.27. The van der Waals surface area contributed by atoms with E-state index in [4.69, 9.17) is 4.74 Å². The van der Waals surface area contributed by atoms with Crippen LogP contribution < -0.4 is 0 Å². The summed E-state index contributed by atoms with van der Waals surface area (Å²) in [5.74, 6) is 0.887. The lowest BCUT2D eigenvalue weighted by atomic mass is 9.81. The van der Waals surface area contributed by atoms with Crippen molar-refractivity contribution in [1.82, 2.24) is 4.90 Å². The van der Waals surface area contributed by atoms with E-state index in [9.17, 15) is 4.79 Å². The smallest absolute Gasteiger partial charge is 0.228 e. The second-order valence-corrected chi connectivity index (χ2v) is 5.63. The highest BCUT2D eigenvalue weighted by molar-refractivity contribution is 5.82. The van der Waals surface area contributed by atoms with Crippen molar-refractivity contribution in [2.75, 3.05) is 7.11 Å². The van der Waals surface area contributed by atoms with Gasteiger partial charge in [0.15, 0.2) is 0 Å². The predicted molar refractivity (Wildman–Crippen MR) is 73.2 cm³/mol. The summed E-state index contributed by atoms with van der Waals surface area (Å²) in [5.41, 5.74) is 1.18. The summed E-state index contributed by atoms with van der Waals surface area (Å²) in [6.07, 6.45) is 4.54. The summed E-state index contributed by atoms with van der Waals surface area (Å²) in [6, 6.07) is 10.2. The summed E-state index contributed by atoms with van der Waals surface area (Å²) in [7, 11) is 1.73. The van der Waals surface area contributed by atoms with E-state index in [0.29, 0.717) is 18.4 Å². The van der Waals surface area contributed by atoms with Crippen molar-refractivity contribution in [3.05, 3.63) is 35.9 Å². The van der Waals surface area contributed by atoms with Gasteiger partial charge in [-0.3, -0.25) is 4.79 Å². The van der Waals surface area contributed by atoms with Crippen LogP contribution in [0.4, 0.5) is 0 Å². The Balaban J connectivity index is 1.81. The molecule has 0 bridgehead atoms. The lowest BCUT2D eigenvalue weighted by Gasteiger charge is -2.28. The number of fused-ring (bicyclic) bond motifs is 1. The van der Waals surface area contributed by atoms with Crippen LogP contribution in [-0.2, 0) is 16.1 Å². The van der Waals surface area contributed by atoms with Crippen molar-refractivity contribution in [1.29, 1.82) is 0 Å². The molecule has 0 unspecified atom stereocenters. The van der Waals surface area contributed by atoms with E-state index in [-0.39, 0.29) is 12.1 Å². The molecule has 0 aromatic heterocycles. The van der Waals surface area contributed by atoms with Gasteiger partial charge >= 0.3 is 0 Å². The van der Waals surface area contributed by atoms with E-state index in [1.165, 1.54) is 18.4 Å². The van der Waals surface area contributed by atoms with Crippen molar-refractivity contribution in [2.45, 2.75) is 38.5 Å². The molecule has 3 rings (SSSR count). The minimum atomic E-state index is -0.0296. The van der Waals surface area contributed by atoms with Gasteiger partial charge in [0.1, 0.15) is 6.23 Å².